The maximum absolute atomic E-state index is 13.5. The average Bonchev–Trinajstić information content (AvgIpc) is 3.40. The van der Waals surface area contributed by atoms with E-state index in [1.165, 1.54) is 11.3 Å². The van der Waals surface area contributed by atoms with E-state index < -0.39 is 0 Å². The maximum Gasteiger partial charge on any atom is 0.264 e. The Bertz CT molecular complexity index is 1150. The number of fused-ring (bicyclic) bond motifs is 1. The first-order valence-corrected chi connectivity index (χ1v) is 10.5. The molecular weight excluding hydrogens is 398 g/mol. The van der Waals surface area contributed by atoms with Gasteiger partial charge in [0.25, 0.3) is 5.91 Å². The van der Waals surface area contributed by atoms with Gasteiger partial charge in [0.15, 0.2) is 11.6 Å². The van der Waals surface area contributed by atoms with E-state index in [1.807, 2.05) is 61.2 Å². The zero-order valence-electron chi connectivity index (χ0n) is 17.2. The highest BCUT2D eigenvalue weighted by molar-refractivity contribution is 7.20. The molecule has 0 aliphatic carbocycles. The number of aromatic nitrogens is 2. The van der Waals surface area contributed by atoms with Crippen LogP contribution in [0.2, 0.25) is 0 Å². The second kappa shape index (κ2) is 8.77. The summed E-state index contributed by atoms with van der Waals surface area (Å²) in [4.78, 5) is 26.1. The summed E-state index contributed by atoms with van der Waals surface area (Å²) in [5, 5.41) is 0.935. The number of carbonyl (C=O) groups is 1. The van der Waals surface area contributed by atoms with Gasteiger partial charge in [0.1, 0.15) is 4.83 Å². The molecule has 0 saturated carbocycles. The number of amides is 1. The van der Waals surface area contributed by atoms with Crippen LogP contribution >= 0.6 is 11.3 Å². The summed E-state index contributed by atoms with van der Waals surface area (Å²) in [6.45, 7) is 5.42. The van der Waals surface area contributed by atoms with Gasteiger partial charge in [0.05, 0.1) is 23.4 Å². The van der Waals surface area contributed by atoms with Gasteiger partial charge in [-0.3, -0.25) is 4.79 Å². The third-order valence-electron chi connectivity index (χ3n) is 4.98. The summed E-state index contributed by atoms with van der Waals surface area (Å²) >= 11 is 1.41. The summed E-state index contributed by atoms with van der Waals surface area (Å²) < 4.78 is 10.7. The molecule has 154 valence electrons. The molecule has 0 aliphatic heterocycles. The predicted molar refractivity (Wildman–Crippen MR) is 118 cm³/mol. The van der Waals surface area contributed by atoms with Crippen molar-refractivity contribution in [3.05, 3.63) is 70.4 Å². The second-order valence-corrected chi connectivity index (χ2v) is 8.05. The van der Waals surface area contributed by atoms with Crippen LogP contribution in [0.1, 0.15) is 26.5 Å². The Balaban J connectivity index is 1.71. The van der Waals surface area contributed by atoms with Crippen LogP contribution in [0.25, 0.3) is 21.8 Å². The van der Waals surface area contributed by atoms with Crippen molar-refractivity contribution in [1.82, 2.24) is 14.9 Å². The number of benzene rings is 1. The Morgan fingerprint density at radius 1 is 1.13 bits per heavy atom. The number of thiophene rings is 1. The Kier molecular flexibility index (Phi) is 5.92. The lowest BCUT2D eigenvalue weighted by molar-refractivity contribution is 0.0684. The van der Waals surface area contributed by atoms with Crippen molar-refractivity contribution in [2.45, 2.75) is 20.4 Å². The van der Waals surface area contributed by atoms with Crippen LogP contribution in [0, 0.1) is 13.8 Å². The smallest absolute Gasteiger partial charge is 0.264 e. The van der Waals surface area contributed by atoms with Crippen LogP contribution in [0.5, 0.6) is 0 Å². The monoisotopic (exact) mass is 421 g/mol. The molecule has 1 amide bonds. The first-order chi connectivity index (χ1) is 14.6. The Morgan fingerprint density at radius 3 is 2.63 bits per heavy atom. The first-order valence-electron chi connectivity index (χ1n) is 9.72. The normalized spacial score (nSPS) is 11.2. The Labute approximate surface area is 179 Å². The topological polar surface area (TPSA) is 68.5 Å². The van der Waals surface area contributed by atoms with Gasteiger partial charge in [-0.25, -0.2) is 9.97 Å². The summed E-state index contributed by atoms with van der Waals surface area (Å²) in [5.41, 5.74) is 2.83. The third-order valence-corrected chi connectivity index (χ3v) is 6.15. The minimum Gasteiger partial charge on any atom is -0.461 e. The molecule has 0 atom stereocenters. The largest absolute Gasteiger partial charge is 0.461 e. The fraction of sp³-hybridized carbons (Fsp3) is 0.261. The van der Waals surface area contributed by atoms with E-state index >= 15 is 0 Å². The molecule has 0 bridgehead atoms. The average molecular weight is 422 g/mol. The quantitative estimate of drug-likeness (QED) is 0.426. The van der Waals surface area contributed by atoms with Gasteiger partial charge >= 0.3 is 0 Å². The molecule has 4 rings (SSSR count). The molecule has 0 aliphatic rings. The molecular formula is C23H23N3O3S. The molecule has 0 radical (unpaired) electrons. The molecule has 1 aromatic carbocycles. The fourth-order valence-corrected chi connectivity index (χ4v) is 4.66. The summed E-state index contributed by atoms with van der Waals surface area (Å²) in [6.07, 6.45) is 1.60. The number of hydrogen-bond donors (Lipinski definition) is 0. The minimum absolute atomic E-state index is 0.0182. The zero-order chi connectivity index (χ0) is 21.1. The molecule has 3 aromatic heterocycles. The lowest BCUT2D eigenvalue weighted by Crippen LogP contribution is -2.33. The van der Waals surface area contributed by atoms with E-state index in [4.69, 9.17) is 9.15 Å². The van der Waals surface area contributed by atoms with Gasteiger partial charge in [0, 0.05) is 25.6 Å². The van der Waals surface area contributed by atoms with Crippen molar-refractivity contribution in [1.29, 1.82) is 0 Å². The van der Waals surface area contributed by atoms with Crippen LogP contribution in [0.15, 0.2) is 53.1 Å². The van der Waals surface area contributed by atoms with Crippen molar-refractivity contribution in [3.63, 3.8) is 0 Å². The van der Waals surface area contributed by atoms with E-state index in [-0.39, 0.29) is 5.91 Å². The van der Waals surface area contributed by atoms with Crippen LogP contribution in [0.3, 0.4) is 0 Å². The van der Waals surface area contributed by atoms with Crippen molar-refractivity contribution in [3.8, 4) is 11.6 Å². The van der Waals surface area contributed by atoms with E-state index in [2.05, 4.69) is 9.97 Å². The minimum atomic E-state index is -0.0182. The summed E-state index contributed by atoms with van der Waals surface area (Å²) in [6, 6.07) is 13.6. The molecule has 0 spiro atoms. The Hall–Kier alpha value is -3.03. The molecule has 0 fully saturated rings. The standard InChI is InChI=1S/C23H23N3O3S/c1-15-19-16(2)24-21(18-10-7-12-29-18)25-22(19)30-20(15)23(27)26(11-13-28-3)14-17-8-5-4-6-9-17/h4-10,12H,11,13-14H2,1-3H3. The number of aryl methyl sites for hydroxylation is 2. The van der Waals surface area contributed by atoms with Crippen LogP contribution in [-0.2, 0) is 11.3 Å². The highest BCUT2D eigenvalue weighted by Crippen LogP contribution is 2.34. The van der Waals surface area contributed by atoms with Crippen molar-refractivity contribution in [2.75, 3.05) is 20.3 Å². The van der Waals surface area contributed by atoms with Crippen molar-refractivity contribution in [2.24, 2.45) is 0 Å². The van der Waals surface area contributed by atoms with Crippen molar-refractivity contribution >= 4 is 27.5 Å². The maximum atomic E-state index is 13.5. The Morgan fingerprint density at radius 2 is 1.93 bits per heavy atom. The first kappa shape index (κ1) is 20.3. The SMILES string of the molecule is COCCN(Cc1ccccc1)C(=O)c1sc2nc(-c3ccco3)nc(C)c2c1C. The summed E-state index contributed by atoms with van der Waals surface area (Å²) in [5.74, 6) is 1.13. The fourth-order valence-electron chi connectivity index (χ4n) is 3.46. The van der Waals surface area contributed by atoms with Crippen LogP contribution in [0.4, 0.5) is 0 Å². The van der Waals surface area contributed by atoms with Crippen LogP contribution < -0.4 is 0 Å². The van der Waals surface area contributed by atoms with E-state index in [1.54, 1.807) is 13.4 Å². The molecule has 0 unspecified atom stereocenters. The highest BCUT2D eigenvalue weighted by atomic mass is 32.1. The molecule has 0 saturated heterocycles. The van der Waals surface area contributed by atoms with Gasteiger partial charge in [0.2, 0.25) is 0 Å². The lowest BCUT2D eigenvalue weighted by Gasteiger charge is -2.22. The van der Waals surface area contributed by atoms with Crippen LogP contribution in [-0.4, -0.2) is 41.0 Å². The van der Waals surface area contributed by atoms with Gasteiger partial charge in [-0.2, -0.15) is 0 Å². The number of furan rings is 1. The molecule has 7 heteroatoms. The molecule has 0 N–H and O–H groups in total. The van der Waals surface area contributed by atoms with Gasteiger partial charge in [-0.1, -0.05) is 30.3 Å². The summed E-state index contributed by atoms with van der Waals surface area (Å²) in [7, 11) is 1.64. The molecule has 3 heterocycles. The third kappa shape index (κ3) is 3.99. The second-order valence-electron chi connectivity index (χ2n) is 7.05. The molecule has 30 heavy (non-hydrogen) atoms. The molecule has 4 aromatic rings. The number of carbonyl (C=O) groups excluding carboxylic acids is 1. The lowest BCUT2D eigenvalue weighted by atomic mass is 10.1. The van der Waals surface area contributed by atoms with Gasteiger partial charge in [-0.15, -0.1) is 11.3 Å². The number of ether oxygens (including phenoxy) is 1. The van der Waals surface area contributed by atoms with Gasteiger partial charge in [-0.05, 0) is 37.1 Å². The predicted octanol–water partition coefficient (Wildman–Crippen LogP) is 4.86. The number of rotatable bonds is 7. The van der Waals surface area contributed by atoms with Crippen molar-refractivity contribution < 1.29 is 13.9 Å². The highest BCUT2D eigenvalue weighted by Gasteiger charge is 2.24. The van der Waals surface area contributed by atoms with E-state index in [0.29, 0.717) is 36.2 Å². The zero-order valence-corrected chi connectivity index (χ0v) is 18.0. The number of methoxy groups -OCH3 is 1. The number of nitrogens with zero attached hydrogens (tertiary/aromatic N) is 3. The molecule has 6 nitrogen and oxygen atoms in total. The van der Waals surface area contributed by atoms with E-state index in [9.17, 15) is 4.79 Å². The van der Waals surface area contributed by atoms with Gasteiger partial charge < -0.3 is 14.1 Å². The number of hydrogen-bond acceptors (Lipinski definition) is 6. The van der Waals surface area contributed by atoms with E-state index in [0.717, 1.165) is 27.0 Å².